The van der Waals surface area contributed by atoms with Crippen LogP contribution in [0, 0.1) is 17.8 Å². The third-order valence-electron chi connectivity index (χ3n) is 9.04. The number of amides is 1. The van der Waals surface area contributed by atoms with Gasteiger partial charge in [0.15, 0.2) is 0 Å². The molecule has 2 aromatic rings. The van der Waals surface area contributed by atoms with Crippen molar-refractivity contribution >= 4 is 26.8 Å². The first kappa shape index (κ1) is 23.1. The zero-order chi connectivity index (χ0) is 24.4. The third kappa shape index (κ3) is 3.56. The Morgan fingerprint density at radius 1 is 1.20 bits per heavy atom. The fourth-order valence-electron chi connectivity index (χ4n) is 7.87. The van der Waals surface area contributed by atoms with Gasteiger partial charge in [0, 0.05) is 24.2 Å². The van der Waals surface area contributed by atoms with Gasteiger partial charge in [-0.1, -0.05) is 24.3 Å². The predicted octanol–water partition coefficient (Wildman–Crippen LogP) is 3.39. The number of pyridine rings is 1. The molecule has 8 heteroatoms. The van der Waals surface area contributed by atoms with Crippen molar-refractivity contribution in [3.63, 3.8) is 0 Å². The molecule has 186 valence electrons. The van der Waals surface area contributed by atoms with Gasteiger partial charge in [0.2, 0.25) is 15.9 Å². The summed E-state index contributed by atoms with van der Waals surface area (Å²) in [6.45, 7) is 4.16. The number of hydrogen-bond donors (Lipinski definition) is 2. The van der Waals surface area contributed by atoms with Crippen LogP contribution in [-0.2, 0) is 14.8 Å². The quantitative estimate of drug-likeness (QED) is 0.599. The van der Waals surface area contributed by atoms with E-state index in [1.54, 1.807) is 30.5 Å². The molecule has 4 saturated carbocycles. The lowest BCUT2D eigenvalue weighted by molar-refractivity contribution is -0.150. The van der Waals surface area contributed by atoms with E-state index in [9.17, 15) is 18.3 Å². The average Bonchev–Trinajstić information content (AvgIpc) is 3.26. The lowest BCUT2D eigenvalue weighted by Gasteiger charge is -2.58. The largest absolute Gasteiger partial charge is 0.390 e. The Bertz CT molecular complexity index is 1270. The normalized spacial score (nSPS) is 36.5. The molecule has 1 aliphatic heterocycles. The summed E-state index contributed by atoms with van der Waals surface area (Å²) in [5, 5.41) is 15.0. The smallest absolute Gasteiger partial charge is 0.246 e. The highest BCUT2D eigenvalue weighted by Crippen LogP contribution is 2.56. The van der Waals surface area contributed by atoms with Gasteiger partial charge in [-0.15, -0.1) is 6.58 Å². The number of aromatic nitrogens is 1. The van der Waals surface area contributed by atoms with Crippen molar-refractivity contribution in [3.8, 4) is 0 Å². The number of nitrogens with zero attached hydrogens (tertiary/aromatic N) is 2. The standard InChI is InChI=1S/C27H33N3O4S/c1-2-9-27(25(31)29-23-20-13-18-14-21(23)17-26(32,15-18)16-20)10-5-12-30(27)35(33,34)22-8-3-6-19-7-4-11-28-24(19)22/h2-4,6-8,11,18,20-21,23,32H,1,5,9-10,12-17H2,(H,29,31)/t18?,20?,21?,23?,26?,27-/m1/s1. The number of carbonyl (C=O) groups excluding carboxylic acids is 1. The molecule has 7 nitrogen and oxygen atoms in total. The summed E-state index contributed by atoms with van der Waals surface area (Å²) in [6, 6.07) is 8.76. The summed E-state index contributed by atoms with van der Waals surface area (Å²) in [7, 11) is -3.99. The van der Waals surface area contributed by atoms with Crippen molar-refractivity contribution in [2.45, 2.75) is 73.4 Å². The molecule has 2 heterocycles. The van der Waals surface area contributed by atoms with Gasteiger partial charge in [0.05, 0.1) is 11.1 Å². The second-order valence-electron chi connectivity index (χ2n) is 11.2. The number of hydrogen-bond acceptors (Lipinski definition) is 5. The van der Waals surface area contributed by atoms with Crippen LogP contribution in [0.3, 0.4) is 0 Å². The van der Waals surface area contributed by atoms with Gasteiger partial charge in [-0.25, -0.2) is 8.42 Å². The van der Waals surface area contributed by atoms with Crippen molar-refractivity contribution < 1.29 is 18.3 Å². The molecular formula is C27H33N3O4S. The summed E-state index contributed by atoms with van der Waals surface area (Å²) < 4.78 is 29.5. The highest BCUT2D eigenvalue weighted by molar-refractivity contribution is 7.89. The van der Waals surface area contributed by atoms with E-state index in [2.05, 4.69) is 16.9 Å². The molecule has 3 atom stereocenters. The van der Waals surface area contributed by atoms with Crippen molar-refractivity contribution in [1.82, 2.24) is 14.6 Å². The van der Waals surface area contributed by atoms with Crippen LogP contribution < -0.4 is 5.32 Å². The first-order valence-corrected chi connectivity index (χ1v) is 14.2. The van der Waals surface area contributed by atoms with Gasteiger partial charge in [-0.3, -0.25) is 9.78 Å². The number of sulfonamides is 1. The van der Waals surface area contributed by atoms with Crippen LogP contribution in [0.4, 0.5) is 0 Å². The van der Waals surface area contributed by atoms with Crippen LogP contribution in [0.15, 0.2) is 54.1 Å². The summed E-state index contributed by atoms with van der Waals surface area (Å²) in [5.74, 6) is 0.820. The summed E-state index contributed by atoms with van der Waals surface area (Å²) in [4.78, 5) is 18.5. The Kier molecular flexibility index (Phi) is 5.36. The predicted molar refractivity (Wildman–Crippen MR) is 133 cm³/mol. The molecule has 7 rings (SSSR count). The Morgan fingerprint density at radius 3 is 2.66 bits per heavy atom. The van der Waals surface area contributed by atoms with E-state index in [1.165, 1.54) is 4.31 Å². The van der Waals surface area contributed by atoms with E-state index in [1.807, 2.05) is 12.1 Å². The van der Waals surface area contributed by atoms with Crippen molar-refractivity contribution in [2.75, 3.05) is 6.54 Å². The Labute approximate surface area is 206 Å². The maximum atomic E-state index is 14.1. The molecule has 4 bridgehead atoms. The van der Waals surface area contributed by atoms with E-state index in [0.29, 0.717) is 24.3 Å². The zero-order valence-electron chi connectivity index (χ0n) is 19.9. The maximum Gasteiger partial charge on any atom is 0.246 e. The van der Waals surface area contributed by atoms with Gasteiger partial charge < -0.3 is 10.4 Å². The molecule has 1 amide bonds. The lowest BCUT2D eigenvalue weighted by atomic mass is 9.52. The Morgan fingerprint density at radius 2 is 1.94 bits per heavy atom. The van der Waals surface area contributed by atoms with Crippen LogP contribution in [0.2, 0.25) is 0 Å². The second kappa shape index (κ2) is 8.11. The number of benzene rings is 1. The minimum atomic E-state index is -3.99. The molecule has 0 spiro atoms. The second-order valence-corrected chi connectivity index (χ2v) is 13.1. The fraction of sp³-hybridized carbons (Fsp3) is 0.556. The first-order chi connectivity index (χ1) is 16.8. The van der Waals surface area contributed by atoms with Gasteiger partial charge in [0.25, 0.3) is 0 Å². The lowest BCUT2D eigenvalue weighted by Crippen LogP contribution is -2.65. The van der Waals surface area contributed by atoms with E-state index in [-0.39, 0.29) is 41.6 Å². The van der Waals surface area contributed by atoms with Crippen molar-refractivity contribution in [1.29, 1.82) is 0 Å². The van der Waals surface area contributed by atoms with Gasteiger partial charge in [-0.05, 0) is 81.3 Å². The van der Waals surface area contributed by atoms with Crippen LogP contribution in [-0.4, -0.2) is 52.4 Å². The molecule has 0 radical (unpaired) electrons. The zero-order valence-corrected chi connectivity index (χ0v) is 20.7. The van der Waals surface area contributed by atoms with Crippen molar-refractivity contribution in [2.24, 2.45) is 17.8 Å². The highest BCUT2D eigenvalue weighted by Gasteiger charge is 2.58. The van der Waals surface area contributed by atoms with E-state index < -0.39 is 21.2 Å². The fourth-order valence-corrected chi connectivity index (χ4v) is 9.85. The number of carbonyl (C=O) groups is 1. The van der Waals surface area contributed by atoms with Crippen molar-refractivity contribution in [3.05, 3.63) is 49.2 Å². The summed E-state index contributed by atoms with van der Waals surface area (Å²) >= 11 is 0. The molecule has 2 N–H and O–H groups in total. The minimum Gasteiger partial charge on any atom is -0.390 e. The number of fused-ring (bicyclic) bond motifs is 1. The van der Waals surface area contributed by atoms with Crippen LogP contribution >= 0.6 is 0 Å². The number of para-hydroxylation sites is 1. The van der Waals surface area contributed by atoms with Crippen LogP contribution in [0.5, 0.6) is 0 Å². The van der Waals surface area contributed by atoms with E-state index in [0.717, 1.165) is 37.5 Å². The maximum absolute atomic E-state index is 14.1. The van der Waals surface area contributed by atoms with Crippen LogP contribution in [0.25, 0.3) is 10.9 Å². The SMILES string of the molecule is C=CC[C@]1(C(=O)NC2C3CC4CC2CC(O)(C4)C3)CCCN1S(=O)(=O)c1cccc2cccnc12. The first-order valence-electron chi connectivity index (χ1n) is 12.8. The molecule has 1 saturated heterocycles. The molecule has 5 aliphatic rings. The Balaban J connectivity index is 1.34. The molecule has 2 unspecified atom stereocenters. The number of nitrogens with one attached hydrogen (secondary N) is 1. The third-order valence-corrected chi connectivity index (χ3v) is 11.0. The molecule has 1 aromatic heterocycles. The van der Waals surface area contributed by atoms with E-state index >= 15 is 0 Å². The number of aliphatic hydroxyl groups is 1. The minimum absolute atomic E-state index is 0.00890. The van der Waals surface area contributed by atoms with Gasteiger partial charge in [0.1, 0.15) is 10.4 Å². The molecule has 4 aliphatic carbocycles. The highest BCUT2D eigenvalue weighted by atomic mass is 32.2. The molecular weight excluding hydrogens is 462 g/mol. The summed E-state index contributed by atoms with van der Waals surface area (Å²) in [5.41, 5.74) is -1.37. The molecule has 35 heavy (non-hydrogen) atoms. The Hall–Kier alpha value is -2.29. The molecule has 5 fully saturated rings. The topological polar surface area (TPSA) is 99.6 Å². The summed E-state index contributed by atoms with van der Waals surface area (Å²) in [6.07, 6.45) is 8.96. The monoisotopic (exact) mass is 495 g/mol. The average molecular weight is 496 g/mol. The van der Waals surface area contributed by atoms with E-state index in [4.69, 9.17) is 0 Å². The molecule has 1 aromatic carbocycles. The number of rotatable bonds is 6. The van der Waals surface area contributed by atoms with Gasteiger partial charge in [-0.2, -0.15) is 4.31 Å². The van der Waals surface area contributed by atoms with Gasteiger partial charge >= 0.3 is 0 Å². The van der Waals surface area contributed by atoms with Crippen LogP contribution in [0.1, 0.15) is 51.4 Å².